The van der Waals surface area contributed by atoms with Gasteiger partial charge in [0.2, 0.25) is 0 Å². The molecule has 4 aromatic rings. The summed E-state index contributed by atoms with van der Waals surface area (Å²) in [4.78, 5) is 38.3. The highest BCUT2D eigenvalue weighted by Crippen LogP contribution is 2.22. The topological polar surface area (TPSA) is 99.6 Å². The summed E-state index contributed by atoms with van der Waals surface area (Å²) in [7, 11) is 2.69. The van der Waals surface area contributed by atoms with Crippen LogP contribution in [0.3, 0.4) is 0 Å². The van der Waals surface area contributed by atoms with Crippen LogP contribution in [0.25, 0.3) is 21.8 Å². The lowest BCUT2D eigenvalue weighted by Crippen LogP contribution is -2.27. The third-order valence-corrected chi connectivity index (χ3v) is 4.70. The number of hydrogen-bond donors (Lipinski definition) is 1. The number of benzene rings is 2. The van der Waals surface area contributed by atoms with E-state index in [0.29, 0.717) is 16.6 Å². The van der Waals surface area contributed by atoms with Gasteiger partial charge in [0, 0.05) is 23.2 Å². The summed E-state index contributed by atoms with van der Waals surface area (Å²) in [5.74, 6) is -0.799. The number of ether oxygens (including phenoxy) is 3. The van der Waals surface area contributed by atoms with Gasteiger partial charge >= 0.3 is 18.0 Å². The molecule has 0 amide bonds. The molecule has 4 rings (SSSR count). The molecule has 0 unspecified atom stereocenters. The molecular weight excluding hydrogens is 424 g/mol. The Balaban J connectivity index is 0.000000203. The Morgan fingerprint density at radius 1 is 0.818 bits per heavy atom. The van der Waals surface area contributed by atoms with Gasteiger partial charge in [0.15, 0.2) is 0 Å². The number of aromatic nitrogens is 2. The van der Waals surface area contributed by atoms with Crippen molar-refractivity contribution in [2.75, 3.05) is 14.2 Å². The first-order chi connectivity index (χ1) is 15.7. The van der Waals surface area contributed by atoms with Crippen LogP contribution in [0.1, 0.15) is 41.5 Å². The van der Waals surface area contributed by atoms with Gasteiger partial charge in [-0.1, -0.05) is 24.3 Å². The molecule has 0 spiro atoms. The Kier molecular flexibility index (Phi) is 6.86. The van der Waals surface area contributed by atoms with Crippen LogP contribution in [0.2, 0.25) is 0 Å². The zero-order valence-electron chi connectivity index (χ0n) is 19.2. The van der Waals surface area contributed by atoms with Crippen LogP contribution < -0.4 is 0 Å². The van der Waals surface area contributed by atoms with Gasteiger partial charge in [-0.15, -0.1) is 0 Å². The molecule has 0 saturated carbocycles. The lowest BCUT2D eigenvalue weighted by atomic mass is 10.1. The van der Waals surface area contributed by atoms with Crippen LogP contribution in [-0.2, 0) is 14.2 Å². The minimum absolute atomic E-state index is 0.312. The Bertz CT molecular complexity index is 1310. The van der Waals surface area contributed by atoms with Gasteiger partial charge in [-0.2, -0.15) is 0 Å². The summed E-state index contributed by atoms with van der Waals surface area (Å²) in [6, 6.07) is 14.4. The molecule has 0 bridgehead atoms. The smallest absolute Gasteiger partial charge is 0.419 e. The number of carbonyl (C=O) groups excluding carboxylic acids is 3. The molecule has 0 radical (unpaired) electrons. The first-order valence-electron chi connectivity index (χ1n) is 10.2. The number of esters is 2. The fraction of sp³-hybridized carbons (Fsp3) is 0.240. The van der Waals surface area contributed by atoms with Crippen LogP contribution in [0.15, 0.2) is 60.9 Å². The molecule has 172 valence electrons. The van der Waals surface area contributed by atoms with Crippen LogP contribution >= 0.6 is 0 Å². The fourth-order valence-electron chi connectivity index (χ4n) is 3.30. The fourth-order valence-corrected chi connectivity index (χ4v) is 3.30. The van der Waals surface area contributed by atoms with Crippen molar-refractivity contribution in [1.29, 1.82) is 0 Å². The molecule has 0 saturated heterocycles. The number of hydrogen-bond acceptors (Lipinski definition) is 6. The number of carbonyl (C=O) groups is 3. The monoisotopic (exact) mass is 450 g/mol. The van der Waals surface area contributed by atoms with Crippen LogP contribution in [0.4, 0.5) is 4.79 Å². The van der Waals surface area contributed by atoms with E-state index in [1.165, 1.54) is 18.8 Å². The summed E-state index contributed by atoms with van der Waals surface area (Å²) < 4.78 is 16.1. The second-order valence-electron chi connectivity index (χ2n) is 8.14. The molecule has 2 aromatic carbocycles. The van der Waals surface area contributed by atoms with Crippen molar-refractivity contribution in [3.63, 3.8) is 0 Å². The van der Waals surface area contributed by atoms with E-state index in [1.54, 1.807) is 57.4 Å². The largest absolute Gasteiger partial charge is 0.465 e. The average Bonchev–Trinajstić information content (AvgIpc) is 3.44. The van der Waals surface area contributed by atoms with Crippen molar-refractivity contribution in [3.05, 3.63) is 72.1 Å². The summed E-state index contributed by atoms with van der Waals surface area (Å²) in [5, 5.41) is 1.79. The standard InChI is InChI=1S/C15H17NO4.C10H9NO2/c1-15(2,3)20-14(18)16-9-8-10-6-5-7-11(12(10)16)13(17)19-4;1-13-10(12)8-4-2-3-7-5-6-11-9(7)8/h5-9H,1-4H3;2-6,11H,1H3. The summed E-state index contributed by atoms with van der Waals surface area (Å²) in [5.41, 5.74) is 1.63. The zero-order valence-corrected chi connectivity index (χ0v) is 19.2. The van der Waals surface area contributed by atoms with Crippen LogP contribution in [0.5, 0.6) is 0 Å². The molecule has 1 N–H and O–H groups in total. The van der Waals surface area contributed by atoms with E-state index in [2.05, 4.69) is 9.72 Å². The van der Waals surface area contributed by atoms with Crippen molar-refractivity contribution in [3.8, 4) is 0 Å². The van der Waals surface area contributed by atoms with Gasteiger partial charge < -0.3 is 19.2 Å². The molecule has 33 heavy (non-hydrogen) atoms. The van der Waals surface area contributed by atoms with Crippen LogP contribution in [-0.4, -0.2) is 47.4 Å². The highest BCUT2D eigenvalue weighted by molar-refractivity contribution is 6.06. The Morgan fingerprint density at radius 2 is 1.42 bits per heavy atom. The maximum absolute atomic E-state index is 12.2. The number of aromatic amines is 1. The summed E-state index contributed by atoms with van der Waals surface area (Å²) in [6.45, 7) is 5.37. The van der Waals surface area contributed by atoms with Gasteiger partial charge in [0.05, 0.1) is 36.4 Å². The molecule has 8 heteroatoms. The van der Waals surface area contributed by atoms with Gasteiger partial charge in [-0.05, 0) is 45.0 Å². The summed E-state index contributed by atoms with van der Waals surface area (Å²) >= 11 is 0. The van der Waals surface area contributed by atoms with Crippen molar-refractivity contribution in [1.82, 2.24) is 9.55 Å². The normalized spacial score (nSPS) is 10.9. The van der Waals surface area contributed by atoms with Gasteiger partial charge in [-0.3, -0.25) is 4.57 Å². The molecule has 0 atom stereocenters. The SMILES string of the molecule is COC(=O)c1cccc2cc[nH]c12.COC(=O)c1cccc2ccn(C(=O)OC(C)(C)C)c12. The molecule has 2 aromatic heterocycles. The predicted molar refractivity (Wildman–Crippen MR) is 125 cm³/mol. The van der Waals surface area contributed by atoms with E-state index >= 15 is 0 Å². The predicted octanol–water partition coefficient (Wildman–Crippen LogP) is 5.17. The molecule has 0 fully saturated rings. The van der Waals surface area contributed by atoms with E-state index in [0.717, 1.165) is 16.3 Å². The van der Waals surface area contributed by atoms with Crippen molar-refractivity contribution in [2.45, 2.75) is 26.4 Å². The molecular formula is C25H26N2O6. The highest BCUT2D eigenvalue weighted by atomic mass is 16.6. The third kappa shape index (κ3) is 5.23. The van der Waals surface area contributed by atoms with Gasteiger partial charge in [-0.25, -0.2) is 14.4 Å². The first-order valence-corrected chi connectivity index (χ1v) is 10.2. The number of nitrogens with zero attached hydrogens (tertiary/aromatic N) is 1. The number of para-hydroxylation sites is 2. The first kappa shape index (κ1) is 23.6. The molecule has 0 aliphatic rings. The molecule has 2 heterocycles. The van der Waals surface area contributed by atoms with E-state index < -0.39 is 17.7 Å². The van der Waals surface area contributed by atoms with Gasteiger partial charge in [0.25, 0.3) is 0 Å². The minimum atomic E-state index is -0.603. The lowest BCUT2D eigenvalue weighted by molar-refractivity contribution is 0.0542. The number of H-pyrrole nitrogens is 1. The highest BCUT2D eigenvalue weighted by Gasteiger charge is 2.22. The third-order valence-electron chi connectivity index (χ3n) is 4.70. The van der Waals surface area contributed by atoms with Crippen LogP contribution in [0, 0.1) is 0 Å². The molecule has 0 aliphatic carbocycles. The second kappa shape index (κ2) is 9.60. The Labute approximate surface area is 191 Å². The summed E-state index contributed by atoms with van der Waals surface area (Å²) in [6.07, 6.45) is 2.87. The Hall–Kier alpha value is -4.07. The average molecular weight is 450 g/mol. The zero-order chi connectivity index (χ0) is 24.2. The van der Waals surface area contributed by atoms with E-state index in [1.807, 2.05) is 24.3 Å². The number of methoxy groups -OCH3 is 2. The number of rotatable bonds is 2. The van der Waals surface area contributed by atoms with E-state index in [-0.39, 0.29) is 5.97 Å². The number of nitrogens with one attached hydrogen (secondary N) is 1. The second-order valence-corrected chi connectivity index (χ2v) is 8.14. The quantitative estimate of drug-likeness (QED) is 0.334. The Morgan fingerprint density at radius 3 is 2.06 bits per heavy atom. The number of fused-ring (bicyclic) bond motifs is 2. The maximum Gasteiger partial charge on any atom is 0.419 e. The minimum Gasteiger partial charge on any atom is -0.465 e. The van der Waals surface area contributed by atoms with E-state index in [4.69, 9.17) is 9.47 Å². The lowest BCUT2D eigenvalue weighted by Gasteiger charge is -2.20. The molecule has 0 aliphatic heterocycles. The van der Waals surface area contributed by atoms with Gasteiger partial charge in [0.1, 0.15) is 5.60 Å². The maximum atomic E-state index is 12.2. The van der Waals surface area contributed by atoms with Crippen molar-refractivity contribution in [2.24, 2.45) is 0 Å². The van der Waals surface area contributed by atoms with E-state index in [9.17, 15) is 14.4 Å². The van der Waals surface area contributed by atoms with Crippen molar-refractivity contribution < 1.29 is 28.6 Å². The molecule has 8 nitrogen and oxygen atoms in total. The van der Waals surface area contributed by atoms with Crippen molar-refractivity contribution >= 4 is 39.8 Å².